The summed E-state index contributed by atoms with van der Waals surface area (Å²) in [6.45, 7) is 7.80. The lowest BCUT2D eigenvalue weighted by atomic mass is 9.93. The van der Waals surface area contributed by atoms with Crippen molar-refractivity contribution in [3.05, 3.63) is 0 Å². The summed E-state index contributed by atoms with van der Waals surface area (Å²) in [6, 6.07) is 0.834. The summed E-state index contributed by atoms with van der Waals surface area (Å²) in [7, 11) is 0. The Kier molecular flexibility index (Phi) is 9.95. The third-order valence-corrected chi connectivity index (χ3v) is 5.87. The van der Waals surface area contributed by atoms with Gasteiger partial charge >= 0.3 is 0 Å². The number of hydrogen-bond acceptors (Lipinski definition) is 3. The zero-order valence-electron chi connectivity index (χ0n) is 15.0. The summed E-state index contributed by atoms with van der Waals surface area (Å²) in [5, 5.41) is 3.42. The Morgan fingerprint density at radius 1 is 1.00 bits per heavy atom. The molecule has 6 heteroatoms. The fourth-order valence-corrected chi connectivity index (χ4v) is 4.46. The number of nitrogens with zero attached hydrogens (tertiary/aromatic N) is 2. The molecule has 3 heterocycles. The summed E-state index contributed by atoms with van der Waals surface area (Å²) >= 11 is 0. The predicted octanol–water partition coefficient (Wildman–Crippen LogP) is 3.09. The zero-order valence-corrected chi connectivity index (χ0v) is 16.7. The first-order valence-corrected chi connectivity index (χ1v) is 9.50. The van der Waals surface area contributed by atoms with E-state index in [0.29, 0.717) is 11.8 Å². The first-order valence-electron chi connectivity index (χ1n) is 9.50. The van der Waals surface area contributed by atoms with Crippen LogP contribution < -0.4 is 5.32 Å². The molecule has 3 saturated heterocycles. The minimum atomic E-state index is 0. The highest BCUT2D eigenvalue weighted by atomic mass is 35.5. The van der Waals surface area contributed by atoms with Crippen LogP contribution in [0.5, 0.6) is 0 Å². The largest absolute Gasteiger partial charge is 0.341 e. The van der Waals surface area contributed by atoms with Crippen LogP contribution in [-0.4, -0.2) is 60.5 Å². The zero-order chi connectivity index (χ0) is 15.4. The standard InChI is InChI=1S/C18H33N3O.2ClH/c1-15-7-3-5-11-20(15)13-16-8-6-12-21(14-16)18(22)17-9-2-4-10-19-17;;/h15-17,19H,2-14H2,1H3;2*1H/t15?,16?,17-;;/m1../s1. The number of nitrogens with one attached hydrogen (secondary N) is 1. The molecule has 1 N–H and O–H groups in total. The highest BCUT2D eigenvalue weighted by Gasteiger charge is 2.31. The van der Waals surface area contributed by atoms with Crippen LogP contribution in [0.3, 0.4) is 0 Å². The van der Waals surface area contributed by atoms with Gasteiger partial charge in [0.2, 0.25) is 5.91 Å². The second-order valence-electron chi connectivity index (χ2n) is 7.63. The summed E-state index contributed by atoms with van der Waals surface area (Å²) in [4.78, 5) is 17.5. The number of rotatable bonds is 3. The Balaban J connectivity index is 0.00000144. The number of carbonyl (C=O) groups excluding carboxylic acids is 1. The molecule has 142 valence electrons. The molecule has 0 bridgehead atoms. The van der Waals surface area contributed by atoms with Crippen LogP contribution in [-0.2, 0) is 4.79 Å². The monoisotopic (exact) mass is 379 g/mol. The number of piperidine rings is 3. The van der Waals surface area contributed by atoms with Gasteiger partial charge in [0.05, 0.1) is 6.04 Å². The Morgan fingerprint density at radius 2 is 1.79 bits per heavy atom. The molecule has 3 fully saturated rings. The van der Waals surface area contributed by atoms with Crippen molar-refractivity contribution in [3.63, 3.8) is 0 Å². The van der Waals surface area contributed by atoms with E-state index in [1.807, 2.05) is 0 Å². The van der Waals surface area contributed by atoms with E-state index in [9.17, 15) is 4.79 Å². The normalized spacial score (nSPS) is 31.7. The molecule has 0 spiro atoms. The molecule has 3 aliphatic heterocycles. The fraction of sp³-hybridized carbons (Fsp3) is 0.944. The Morgan fingerprint density at radius 3 is 2.50 bits per heavy atom. The highest BCUT2D eigenvalue weighted by Crippen LogP contribution is 2.23. The summed E-state index contributed by atoms with van der Waals surface area (Å²) in [6.07, 6.45) is 10.0. The second kappa shape index (κ2) is 10.8. The lowest BCUT2D eigenvalue weighted by molar-refractivity contribution is -0.136. The van der Waals surface area contributed by atoms with Crippen molar-refractivity contribution in [1.29, 1.82) is 0 Å². The molecular formula is C18H35Cl2N3O. The van der Waals surface area contributed by atoms with E-state index >= 15 is 0 Å². The lowest BCUT2D eigenvalue weighted by Crippen LogP contribution is -2.53. The van der Waals surface area contributed by atoms with Gasteiger partial charge in [-0.1, -0.05) is 12.8 Å². The molecule has 1 amide bonds. The maximum atomic E-state index is 12.7. The molecule has 24 heavy (non-hydrogen) atoms. The molecule has 0 aliphatic carbocycles. The van der Waals surface area contributed by atoms with Gasteiger partial charge in [-0.2, -0.15) is 0 Å². The van der Waals surface area contributed by atoms with Gasteiger partial charge in [-0.05, 0) is 64.5 Å². The van der Waals surface area contributed by atoms with Crippen LogP contribution in [0.1, 0.15) is 58.3 Å². The smallest absolute Gasteiger partial charge is 0.239 e. The third-order valence-electron chi connectivity index (χ3n) is 5.87. The van der Waals surface area contributed by atoms with E-state index in [1.54, 1.807) is 0 Å². The number of likely N-dealkylation sites (tertiary alicyclic amines) is 2. The van der Waals surface area contributed by atoms with Crippen LogP contribution in [0.4, 0.5) is 0 Å². The number of carbonyl (C=O) groups is 1. The van der Waals surface area contributed by atoms with Gasteiger partial charge in [0.15, 0.2) is 0 Å². The maximum Gasteiger partial charge on any atom is 0.239 e. The van der Waals surface area contributed by atoms with Gasteiger partial charge < -0.3 is 15.1 Å². The van der Waals surface area contributed by atoms with Gasteiger partial charge in [0.25, 0.3) is 0 Å². The van der Waals surface area contributed by atoms with Gasteiger partial charge in [-0.25, -0.2) is 0 Å². The number of hydrogen-bond donors (Lipinski definition) is 1. The van der Waals surface area contributed by atoms with Crippen molar-refractivity contribution < 1.29 is 4.79 Å². The summed E-state index contributed by atoms with van der Waals surface area (Å²) < 4.78 is 0. The van der Waals surface area contributed by atoms with Crippen LogP contribution in [0.15, 0.2) is 0 Å². The SMILES string of the molecule is CC1CCCCN1CC1CCCN(C(=O)[C@H]2CCCCN2)C1.Cl.Cl. The van der Waals surface area contributed by atoms with E-state index in [1.165, 1.54) is 58.0 Å². The molecule has 3 aliphatic rings. The molecule has 3 rings (SSSR count). The molecule has 0 saturated carbocycles. The molecular weight excluding hydrogens is 345 g/mol. The summed E-state index contributed by atoms with van der Waals surface area (Å²) in [5.74, 6) is 1.05. The van der Waals surface area contributed by atoms with Crippen molar-refractivity contribution in [2.75, 3.05) is 32.7 Å². The minimum absolute atomic E-state index is 0. The average Bonchev–Trinajstić information content (AvgIpc) is 2.57. The van der Waals surface area contributed by atoms with E-state index in [4.69, 9.17) is 0 Å². The van der Waals surface area contributed by atoms with E-state index in [2.05, 4.69) is 22.0 Å². The van der Waals surface area contributed by atoms with Crippen molar-refractivity contribution in [2.24, 2.45) is 5.92 Å². The quantitative estimate of drug-likeness (QED) is 0.817. The molecule has 4 nitrogen and oxygen atoms in total. The fourth-order valence-electron chi connectivity index (χ4n) is 4.46. The van der Waals surface area contributed by atoms with Crippen molar-refractivity contribution in [3.8, 4) is 0 Å². The number of halogens is 2. The molecule has 0 aromatic rings. The van der Waals surface area contributed by atoms with Gasteiger partial charge in [-0.15, -0.1) is 24.8 Å². The Labute approximate surface area is 159 Å². The second-order valence-corrected chi connectivity index (χ2v) is 7.63. The van der Waals surface area contributed by atoms with Crippen LogP contribution in [0.2, 0.25) is 0 Å². The Hall–Kier alpha value is -0.0300. The van der Waals surface area contributed by atoms with Crippen LogP contribution >= 0.6 is 24.8 Å². The van der Waals surface area contributed by atoms with Gasteiger partial charge in [0.1, 0.15) is 0 Å². The number of amides is 1. The lowest BCUT2D eigenvalue weighted by Gasteiger charge is -2.40. The minimum Gasteiger partial charge on any atom is -0.341 e. The Bertz CT molecular complexity index is 377. The maximum absolute atomic E-state index is 12.7. The van der Waals surface area contributed by atoms with Gasteiger partial charge in [0, 0.05) is 25.7 Å². The van der Waals surface area contributed by atoms with Crippen LogP contribution in [0, 0.1) is 5.92 Å². The first kappa shape index (κ1) is 22.0. The van der Waals surface area contributed by atoms with E-state index in [-0.39, 0.29) is 30.9 Å². The summed E-state index contributed by atoms with van der Waals surface area (Å²) in [5.41, 5.74) is 0. The molecule has 0 radical (unpaired) electrons. The molecule has 2 unspecified atom stereocenters. The van der Waals surface area contributed by atoms with Crippen LogP contribution in [0.25, 0.3) is 0 Å². The molecule has 0 aromatic carbocycles. The van der Waals surface area contributed by atoms with E-state index in [0.717, 1.165) is 32.1 Å². The highest BCUT2D eigenvalue weighted by molar-refractivity contribution is 5.85. The topological polar surface area (TPSA) is 35.6 Å². The third kappa shape index (κ3) is 5.76. The van der Waals surface area contributed by atoms with Crippen molar-refractivity contribution >= 4 is 30.7 Å². The molecule has 3 atom stereocenters. The average molecular weight is 380 g/mol. The van der Waals surface area contributed by atoms with Gasteiger partial charge in [-0.3, -0.25) is 4.79 Å². The van der Waals surface area contributed by atoms with E-state index < -0.39 is 0 Å². The molecule has 0 aromatic heterocycles. The first-order chi connectivity index (χ1) is 10.7. The predicted molar refractivity (Wildman–Crippen MR) is 104 cm³/mol. The van der Waals surface area contributed by atoms with Crippen molar-refractivity contribution in [1.82, 2.24) is 15.1 Å². The van der Waals surface area contributed by atoms with Crippen molar-refractivity contribution in [2.45, 2.75) is 70.4 Å².